The molecule has 0 aliphatic rings. The van der Waals surface area contributed by atoms with E-state index in [9.17, 15) is 10.1 Å². The summed E-state index contributed by atoms with van der Waals surface area (Å²) < 4.78 is 4.92. The molecule has 0 amide bonds. The predicted octanol–water partition coefficient (Wildman–Crippen LogP) is 3.72. The van der Waals surface area contributed by atoms with E-state index >= 15 is 0 Å². The highest BCUT2D eigenvalue weighted by Gasteiger charge is 2.19. The lowest BCUT2D eigenvalue weighted by Gasteiger charge is -1.99. The van der Waals surface area contributed by atoms with Crippen molar-refractivity contribution in [1.29, 1.82) is 0 Å². The summed E-state index contributed by atoms with van der Waals surface area (Å²) in [5.74, 6) is 0. The third-order valence-electron chi connectivity index (χ3n) is 1.91. The Bertz CT molecular complexity index is 608. The Morgan fingerprint density at radius 2 is 2.07 bits per heavy atom. The van der Waals surface area contributed by atoms with E-state index in [4.69, 9.17) is 28.2 Å². The second-order valence-corrected chi connectivity index (χ2v) is 3.55. The van der Waals surface area contributed by atoms with Crippen LogP contribution in [0.1, 0.15) is 0 Å². The summed E-state index contributed by atoms with van der Waals surface area (Å²) in [5, 5.41) is 11.2. The first-order chi connectivity index (χ1) is 7.11. The van der Waals surface area contributed by atoms with Gasteiger partial charge in [0.1, 0.15) is 10.6 Å². The second kappa shape index (κ2) is 3.60. The van der Waals surface area contributed by atoms with Gasteiger partial charge in [-0.15, -0.1) is 0 Å². The smallest absolute Gasteiger partial charge is 0.342 e. The number of rotatable bonds is 1. The van der Waals surface area contributed by atoms with Crippen molar-refractivity contribution in [2.24, 2.45) is 0 Å². The van der Waals surface area contributed by atoms with Crippen molar-refractivity contribution in [2.75, 3.05) is 0 Å². The Kier molecular flexibility index (Phi) is 2.42. The van der Waals surface area contributed by atoms with Gasteiger partial charge in [0.2, 0.25) is 0 Å². The number of para-hydroxylation sites is 1. The molecule has 0 aliphatic carbocycles. The zero-order chi connectivity index (χ0) is 11.0. The molecule has 4 nitrogen and oxygen atoms in total. The van der Waals surface area contributed by atoms with Crippen molar-refractivity contribution in [1.82, 2.24) is 0 Å². The van der Waals surface area contributed by atoms with Gasteiger partial charge in [-0.05, 0) is 24.4 Å². The number of fused-ring (bicyclic) bond motifs is 1. The summed E-state index contributed by atoms with van der Waals surface area (Å²) in [6.07, 6.45) is 0. The molecule has 0 radical (unpaired) electrons. The molecule has 0 unspecified atom stereocenters. The minimum absolute atomic E-state index is 0.0202. The monoisotopic (exact) mass is 241 g/mol. The third-order valence-corrected chi connectivity index (χ3v) is 2.57. The minimum Gasteiger partial charge on any atom is -0.439 e. The minimum atomic E-state index is -0.638. The van der Waals surface area contributed by atoms with E-state index in [1.165, 1.54) is 0 Å². The summed E-state index contributed by atoms with van der Waals surface area (Å²) >= 11 is 10.6. The first-order valence-electron chi connectivity index (χ1n) is 3.97. The van der Waals surface area contributed by atoms with Gasteiger partial charge in [-0.3, -0.25) is 10.1 Å². The average molecular weight is 242 g/mol. The maximum Gasteiger partial charge on any atom is 0.342 e. The van der Waals surface area contributed by atoms with Crippen LogP contribution in [-0.4, -0.2) is 4.92 Å². The standard InChI is InChI=1S/C9H4ClNO3S/c10-7-5-3-1-2-4-6(5)14-9(15)8(7)11(12)13/h1-4H. The molecule has 0 saturated carbocycles. The van der Waals surface area contributed by atoms with Gasteiger partial charge in [0.15, 0.2) is 0 Å². The van der Waals surface area contributed by atoms with Gasteiger partial charge in [-0.25, -0.2) is 0 Å². The topological polar surface area (TPSA) is 56.3 Å². The highest BCUT2D eigenvalue weighted by Crippen LogP contribution is 2.33. The number of halogens is 1. The van der Waals surface area contributed by atoms with E-state index in [2.05, 4.69) is 0 Å². The zero-order valence-corrected chi connectivity index (χ0v) is 8.84. The van der Waals surface area contributed by atoms with Crippen LogP contribution in [0.15, 0.2) is 28.7 Å². The maximum absolute atomic E-state index is 10.7. The van der Waals surface area contributed by atoms with Gasteiger partial charge < -0.3 is 4.42 Å². The Balaban J connectivity index is 2.97. The fraction of sp³-hybridized carbons (Fsp3) is 0. The van der Waals surface area contributed by atoms with Gasteiger partial charge in [0.05, 0.1) is 4.92 Å². The molecule has 6 heteroatoms. The van der Waals surface area contributed by atoms with Gasteiger partial charge >= 0.3 is 5.69 Å². The fourth-order valence-electron chi connectivity index (χ4n) is 1.26. The summed E-state index contributed by atoms with van der Waals surface area (Å²) in [6, 6.07) is 6.75. The van der Waals surface area contributed by atoms with E-state index in [0.717, 1.165) is 0 Å². The number of nitro groups is 1. The summed E-state index contributed by atoms with van der Waals surface area (Å²) in [7, 11) is 0. The first kappa shape index (κ1) is 10.1. The maximum atomic E-state index is 10.7. The Morgan fingerprint density at radius 3 is 2.73 bits per heavy atom. The largest absolute Gasteiger partial charge is 0.439 e. The van der Waals surface area contributed by atoms with Crippen molar-refractivity contribution < 1.29 is 9.34 Å². The van der Waals surface area contributed by atoms with Crippen LogP contribution < -0.4 is 0 Å². The van der Waals surface area contributed by atoms with Gasteiger partial charge in [0, 0.05) is 5.39 Å². The third kappa shape index (κ3) is 1.60. The van der Waals surface area contributed by atoms with E-state index in [1.807, 2.05) is 0 Å². The first-order valence-corrected chi connectivity index (χ1v) is 4.75. The Labute approximate surface area is 94.2 Å². The van der Waals surface area contributed by atoms with Gasteiger partial charge in [-0.1, -0.05) is 23.7 Å². The van der Waals surface area contributed by atoms with Crippen LogP contribution >= 0.6 is 23.8 Å². The lowest BCUT2D eigenvalue weighted by Crippen LogP contribution is -1.91. The van der Waals surface area contributed by atoms with Crippen LogP contribution in [-0.2, 0) is 0 Å². The molecule has 0 fully saturated rings. The van der Waals surface area contributed by atoms with Gasteiger partial charge in [-0.2, -0.15) is 0 Å². The molecule has 1 aromatic heterocycles. The molecule has 0 aliphatic heterocycles. The summed E-state index contributed by atoms with van der Waals surface area (Å²) in [6.45, 7) is 0. The molecule has 0 atom stereocenters. The van der Waals surface area contributed by atoms with Crippen LogP contribution in [0, 0.1) is 14.8 Å². The highest BCUT2D eigenvalue weighted by molar-refractivity contribution is 7.71. The van der Waals surface area contributed by atoms with E-state index in [1.54, 1.807) is 24.3 Å². The summed E-state index contributed by atoms with van der Waals surface area (Å²) in [4.78, 5) is 10.0. The molecular weight excluding hydrogens is 238 g/mol. The molecule has 1 aromatic carbocycles. The highest BCUT2D eigenvalue weighted by atomic mass is 35.5. The molecule has 76 valence electrons. The zero-order valence-electron chi connectivity index (χ0n) is 7.27. The molecule has 2 rings (SSSR count). The molecule has 1 heterocycles. The predicted molar refractivity (Wildman–Crippen MR) is 58.7 cm³/mol. The number of nitrogens with zero attached hydrogens (tertiary/aromatic N) is 1. The number of hydrogen-bond donors (Lipinski definition) is 0. The van der Waals surface area contributed by atoms with E-state index < -0.39 is 4.92 Å². The van der Waals surface area contributed by atoms with Crippen LogP contribution in [0.2, 0.25) is 5.02 Å². The van der Waals surface area contributed by atoms with Crippen LogP contribution in [0.25, 0.3) is 11.0 Å². The molecule has 0 spiro atoms. The van der Waals surface area contributed by atoms with Crippen molar-refractivity contribution in [3.63, 3.8) is 0 Å². The normalized spacial score (nSPS) is 10.5. The summed E-state index contributed by atoms with van der Waals surface area (Å²) in [5.41, 5.74) is 0.0865. The molecule has 0 N–H and O–H groups in total. The molecule has 0 bridgehead atoms. The molecule has 2 aromatic rings. The van der Waals surface area contributed by atoms with Crippen molar-refractivity contribution >= 4 is 40.5 Å². The van der Waals surface area contributed by atoms with E-state index in [0.29, 0.717) is 11.0 Å². The van der Waals surface area contributed by atoms with Crippen LogP contribution in [0.3, 0.4) is 0 Å². The lowest BCUT2D eigenvalue weighted by molar-refractivity contribution is -0.386. The molecule has 0 saturated heterocycles. The fourth-order valence-corrected chi connectivity index (χ4v) is 1.89. The van der Waals surface area contributed by atoms with Crippen LogP contribution in [0.5, 0.6) is 0 Å². The molecular formula is C9H4ClNO3S. The number of hydrogen-bond acceptors (Lipinski definition) is 4. The van der Waals surface area contributed by atoms with Crippen LogP contribution in [0.4, 0.5) is 5.69 Å². The average Bonchev–Trinajstić information content (AvgIpc) is 2.17. The Morgan fingerprint density at radius 1 is 1.40 bits per heavy atom. The Hall–Kier alpha value is -1.46. The van der Waals surface area contributed by atoms with Crippen molar-refractivity contribution in [3.05, 3.63) is 44.1 Å². The van der Waals surface area contributed by atoms with Crippen molar-refractivity contribution in [3.8, 4) is 0 Å². The van der Waals surface area contributed by atoms with Crippen molar-refractivity contribution in [2.45, 2.75) is 0 Å². The lowest BCUT2D eigenvalue weighted by atomic mass is 10.2. The SMILES string of the molecule is O=[N+]([O-])c1c(Cl)c2ccccc2oc1=S. The molecule has 15 heavy (non-hydrogen) atoms. The van der Waals surface area contributed by atoms with Gasteiger partial charge in [0.25, 0.3) is 4.71 Å². The van der Waals surface area contributed by atoms with E-state index in [-0.39, 0.29) is 15.4 Å². The quantitative estimate of drug-likeness (QED) is 0.434. The number of benzene rings is 1. The second-order valence-electron chi connectivity index (χ2n) is 2.81.